The molecule has 1 N–H and O–H groups in total. The number of thiophene rings is 1. The summed E-state index contributed by atoms with van der Waals surface area (Å²) in [5.74, 6) is 0.936. The van der Waals surface area contributed by atoms with Gasteiger partial charge in [0, 0.05) is 10.9 Å². The summed E-state index contributed by atoms with van der Waals surface area (Å²) in [6.07, 6.45) is 8.51. The Kier molecular flexibility index (Phi) is 3.11. The van der Waals surface area contributed by atoms with Crippen molar-refractivity contribution < 1.29 is 0 Å². The normalized spacial score (nSPS) is 46.0. The van der Waals surface area contributed by atoms with E-state index in [1.807, 2.05) is 11.3 Å². The van der Waals surface area contributed by atoms with E-state index < -0.39 is 0 Å². The van der Waals surface area contributed by atoms with Gasteiger partial charge in [-0.1, -0.05) is 25.4 Å². The molecule has 5 rings (SSSR count). The second-order valence-corrected chi connectivity index (χ2v) is 10.2. The van der Waals surface area contributed by atoms with Gasteiger partial charge in [0.25, 0.3) is 0 Å². The highest BCUT2D eigenvalue weighted by Crippen LogP contribution is 2.72. The Balaban J connectivity index is 1.78. The Hall–Kier alpha value is -0.0500. The van der Waals surface area contributed by atoms with E-state index in [1.54, 1.807) is 0 Å². The van der Waals surface area contributed by atoms with Crippen LogP contribution in [-0.2, 0) is 0 Å². The van der Waals surface area contributed by atoms with E-state index in [9.17, 15) is 0 Å². The van der Waals surface area contributed by atoms with Gasteiger partial charge in [0.1, 0.15) is 0 Å². The lowest BCUT2D eigenvalue weighted by Crippen LogP contribution is -2.58. The highest BCUT2D eigenvalue weighted by atomic mass is 35.5. The summed E-state index contributed by atoms with van der Waals surface area (Å²) in [6.45, 7) is 5.10. The smallest absolute Gasteiger partial charge is 0.0561 e. The largest absolute Gasteiger partial charge is 0.312 e. The number of hydrogen-bond acceptors (Lipinski definition) is 2. The zero-order valence-corrected chi connectivity index (χ0v) is 14.9. The van der Waals surface area contributed by atoms with Crippen LogP contribution >= 0.6 is 22.9 Å². The minimum Gasteiger partial charge on any atom is -0.312 e. The van der Waals surface area contributed by atoms with E-state index in [-0.39, 0.29) is 0 Å². The first-order valence-electron chi connectivity index (χ1n) is 8.27. The van der Waals surface area contributed by atoms with Crippen molar-refractivity contribution in [2.24, 2.45) is 22.2 Å². The molecule has 1 heterocycles. The highest BCUT2D eigenvalue weighted by Gasteiger charge is 2.62. The molecule has 1 aromatic rings. The second-order valence-electron chi connectivity index (χ2n) is 8.85. The van der Waals surface area contributed by atoms with Crippen LogP contribution in [0.1, 0.15) is 63.3 Å². The first-order valence-corrected chi connectivity index (χ1v) is 9.53. The monoisotopic (exact) mass is 323 g/mol. The summed E-state index contributed by atoms with van der Waals surface area (Å²) in [7, 11) is 2.13. The summed E-state index contributed by atoms with van der Waals surface area (Å²) in [6, 6.07) is 2.50. The van der Waals surface area contributed by atoms with Crippen LogP contribution in [0.2, 0.25) is 5.02 Å². The minimum atomic E-state index is 0.423. The van der Waals surface area contributed by atoms with Crippen LogP contribution in [0.15, 0.2) is 11.4 Å². The van der Waals surface area contributed by atoms with Gasteiger partial charge in [-0.2, -0.15) is 0 Å². The third kappa shape index (κ3) is 2.13. The van der Waals surface area contributed by atoms with E-state index in [0.29, 0.717) is 22.3 Å². The van der Waals surface area contributed by atoms with Crippen LogP contribution in [0.4, 0.5) is 0 Å². The molecule has 3 heteroatoms. The van der Waals surface area contributed by atoms with Crippen molar-refractivity contribution in [1.82, 2.24) is 5.32 Å². The lowest BCUT2D eigenvalue weighted by atomic mass is 9.39. The number of rotatable bonds is 3. The Morgan fingerprint density at radius 1 is 1.19 bits per heavy atom. The third-order valence-corrected chi connectivity index (χ3v) is 7.90. The molecule has 0 saturated heterocycles. The molecule has 4 aliphatic rings. The Morgan fingerprint density at radius 2 is 1.86 bits per heavy atom. The average molecular weight is 324 g/mol. The molecule has 0 aromatic carbocycles. The fourth-order valence-electron chi connectivity index (χ4n) is 7.08. The van der Waals surface area contributed by atoms with Crippen molar-refractivity contribution in [2.45, 2.75) is 58.4 Å². The van der Waals surface area contributed by atoms with Gasteiger partial charge in [-0.25, -0.2) is 0 Å². The molecule has 1 nitrogen and oxygen atoms in total. The molecular formula is C18H26ClNS. The van der Waals surface area contributed by atoms with Crippen LogP contribution in [-0.4, -0.2) is 7.05 Å². The SMILES string of the molecule is CNC(c1sccc1Cl)C12CC3CC(C)(CC(C)(C3)C1)C2. The predicted octanol–water partition coefficient (Wildman–Crippen LogP) is 5.66. The van der Waals surface area contributed by atoms with Gasteiger partial charge in [-0.3, -0.25) is 0 Å². The minimum absolute atomic E-state index is 0.423. The Labute approximate surface area is 137 Å². The first kappa shape index (κ1) is 14.5. The molecule has 116 valence electrons. The van der Waals surface area contributed by atoms with Gasteiger partial charge in [0.05, 0.1) is 5.02 Å². The van der Waals surface area contributed by atoms with Crippen LogP contribution in [0.3, 0.4) is 0 Å². The van der Waals surface area contributed by atoms with Crippen molar-refractivity contribution in [3.63, 3.8) is 0 Å². The maximum atomic E-state index is 6.49. The summed E-state index contributed by atoms with van der Waals surface area (Å²) >= 11 is 8.33. The van der Waals surface area contributed by atoms with Gasteiger partial charge in [0.15, 0.2) is 0 Å². The van der Waals surface area contributed by atoms with Gasteiger partial charge < -0.3 is 5.32 Å². The van der Waals surface area contributed by atoms with Crippen LogP contribution in [0.5, 0.6) is 0 Å². The fourth-order valence-corrected chi connectivity index (χ4v) is 8.50. The quantitative estimate of drug-likeness (QED) is 0.757. The molecule has 0 radical (unpaired) electrons. The van der Waals surface area contributed by atoms with Gasteiger partial charge in [-0.05, 0) is 79.2 Å². The zero-order chi connectivity index (χ0) is 14.9. The van der Waals surface area contributed by atoms with Crippen LogP contribution in [0.25, 0.3) is 0 Å². The molecule has 0 spiro atoms. The second kappa shape index (κ2) is 4.49. The Bertz CT molecular complexity index is 547. The summed E-state index contributed by atoms with van der Waals surface area (Å²) in [5, 5.41) is 6.77. The molecular weight excluding hydrogens is 298 g/mol. The molecule has 0 amide bonds. The van der Waals surface area contributed by atoms with Gasteiger partial charge >= 0.3 is 0 Å². The molecule has 3 unspecified atom stereocenters. The van der Waals surface area contributed by atoms with Crippen LogP contribution < -0.4 is 5.32 Å². The molecule has 3 atom stereocenters. The summed E-state index contributed by atoms with van der Waals surface area (Å²) in [5.41, 5.74) is 1.55. The standard InChI is InChI=1S/C18H26ClNS/c1-16-6-12-7-17(2,9-16)11-18(8-12,10-16)15(20-3)14-13(19)4-5-21-14/h4-5,12,15,20H,6-11H2,1-3H3. The van der Waals surface area contributed by atoms with Gasteiger partial charge in [0.2, 0.25) is 0 Å². The topological polar surface area (TPSA) is 12.0 Å². The molecule has 1 aromatic heterocycles. The molecule has 4 saturated carbocycles. The average Bonchev–Trinajstić information content (AvgIpc) is 2.71. The van der Waals surface area contributed by atoms with E-state index in [0.717, 1.165) is 10.9 Å². The van der Waals surface area contributed by atoms with E-state index in [4.69, 9.17) is 11.6 Å². The maximum Gasteiger partial charge on any atom is 0.0561 e. The lowest BCUT2D eigenvalue weighted by Gasteiger charge is -2.67. The summed E-state index contributed by atoms with van der Waals surface area (Å²) < 4.78 is 0. The molecule has 0 aliphatic heterocycles. The van der Waals surface area contributed by atoms with Crippen molar-refractivity contribution >= 4 is 22.9 Å². The van der Waals surface area contributed by atoms with Crippen molar-refractivity contribution in [3.8, 4) is 0 Å². The summed E-state index contributed by atoms with van der Waals surface area (Å²) in [4.78, 5) is 1.37. The molecule has 4 aliphatic carbocycles. The van der Waals surface area contributed by atoms with E-state index in [1.165, 1.54) is 43.4 Å². The van der Waals surface area contributed by atoms with Crippen molar-refractivity contribution in [3.05, 3.63) is 21.3 Å². The molecule has 4 bridgehead atoms. The number of halogens is 1. The molecule has 4 fully saturated rings. The van der Waals surface area contributed by atoms with Crippen LogP contribution in [0, 0.1) is 22.2 Å². The van der Waals surface area contributed by atoms with Crippen molar-refractivity contribution in [2.75, 3.05) is 7.05 Å². The zero-order valence-electron chi connectivity index (χ0n) is 13.3. The fraction of sp³-hybridized carbons (Fsp3) is 0.778. The first-order chi connectivity index (χ1) is 9.87. The van der Waals surface area contributed by atoms with Crippen molar-refractivity contribution in [1.29, 1.82) is 0 Å². The Morgan fingerprint density at radius 3 is 2.33 bits per heavy atom. The number of nitrogens with one attached hydrogen (secondary N) is 1. The molecule has 21 heavy (non-hydrogen) atoms. The van der Waals surface area contributed by atoms with E-state index in [2.05, 4.69) is 37.7 Å². The maximum absolute atomic E-state index is 6.49. The van der Waals surface area contributed by atoms with E-state index >= 15 is 0 Å². The predicted molar refractivity (Wildman–Crippen MR) is 91.0 cm³/mol. The highest BCUT2D eigenvalue weighted by molar-refractivity contribution is 7.10. The van der Waals surface area contributed by atoms with Gasteiger partial charge in [-0.15, -0.1) is 11.3 Å². The number of hydrogen-bond donors (Lipinski definition) is 1. The lowest BCUT2D eigenvalue weighted by molar-refractivity contribution is -0.157. The third-order valence-electron chi connectivity index (χ3n) is 6.48.